The molecule has 1 amide bonds. The molecule has 5 rings (SSSR count). The smallest absolute Gasteiger partial charge is 0.280 e. The molecule has 0 N–H and O–H groups in total. The van der Waals surface area contributed by atoms with Gasteiger partial charge >= 0.3 is 0 Å². The molecule has 3 heterocycles. The van der Waals surface area contributed by atoms with Crippen LogP contribution in [0.2, 0.25) is 5.02 Å². The summed E-state index contributed by atoms with van der Waals surface area (Å²) in [6, 6.07) is 3.92. The molecule has 3 aromatic rings. The Bertz CT molecular complexity index is 1050. The molecule has 2 aliphatic rings. The van der Waals surface area contributed by atoms with Crippen molar-refractivity contribution in [2.24, 2.45) is 0 Å². The SMILES string of the molecule is O=C(c1cc(Cl)ccc1F)N1CC[C@@H](n2cc(-c3nc(C4CC4)no3)nn2)C1. The van der Waals surface area contributed by atoms with Crippen LogP contribution in [0.25, 0.3) is 11.6 Å². The number of carbonyl (C=O) groups is 1. The maximum Gasteiger partial charge on any atom is 0.280 e. The number of benzene rings is 1. The van der Waals surface area contributed by atoms with Crippen molar-refractivity contribution in [3.8, 4) is 11.6 Å². The molecular formula is C18H16ClFN6O2. The van der Waals surface area contributed by atoms with Gasteiger partial charge in [-0.1, -0.05) is 22.0 Å². The summed E-state index contributed by atoms with van der Waals surface area (Å²) in [6.07, 6.45) is 4.60. The first-order valence-corrected chi connectivity index (χ1v) is 9.46. The predicted octanol–water partition coefficient (Wildman–Crippen LogP) is 3.09. The highest BCUT2D eigenvalue weighted by molar-refractivity contribution is 6.31. The summed E-state index contributed by atoms with van der Waals surface area (Å²) in [7, 11) is 0. The molecule has 1 saturated carbocycles. The van der Waals surface area contributed by atoms with Crippen LogP contribution in [0.4, 0.5) is 4.39 Å². The van der Waals surface area contributed by atoms with Gasteiger partial charge in [0, 0.05) is 24.0 Å². The first-order chi connectivity index (χ1) is 13.6. The lowest BCUT2D eigenvalue weighted by Crippen LogP contribution is -2.30. The highest BCUT2D eigenvalue weighted by atomic mass is 35.5. The van der Waals surface area contributed by atoms with Crippen molar-refractivity contribution in [1.29, 1.82) is 0 Å². The summed E-state index contributed by atoms with van der Waals surface area (Å²) >= 11 is 5.90. The quantitative estimate of drug-likeness (QED) is 0.666. The van der Waals surface area contributed by atoms with Crippen molar-refractivity contribution in [2.75, 3.05) is 13.1 Å². The first kappa shape index (κ1) is 17.3. The van der Waals surface area contributed by atoms with Gasteiger partial charge in [-0.05, 0) is 37.5 Å². The molecule has 144 valence electrons. The second kappa shape index (κ2) is 6.66. The number of aromatic nitrogens is 5. The Kier molecular flexibility index (Phi) is 4.12. The molecule has 2 fully saturated rings. The minimum Gasteiger partial charge on any atom is -0.336 e. The first-order valence-electron chi connectivity index (χ1n) is 9.08. The zero-order chi connectivity index (χ0) is 19.3. The number of nitrogens with zero attached hydrogens (tertiary/aromatic N) is 6. The zero-order valence-electron chi connectivity index (χ0n) is 14.8. The van der Waals surface area contributed by atoms with E-state index in [9.17, 15) is 9.18 Å². The molecule has 0 radical (unpaired) electrons. The molecule has 2 aromatic heterocycles. The van der Waals surface area contributed by atoms with Gasteiger partial charge in [0.2, 0.25) is 0 Å². The summed E-state index contributed by atoms with van der Waals surface area (Å²) in [5.74, 6) is 0.497. The molecule has 10 heteroatoms. The van der Waals surface area contributed by atoms with E-state index in [0.717, 1.165) is 12.8 Å². The number of carbonyl (C=O) groups excluding carboxylic acids is 1. The molecule has 0 unspecified atom stereocenters. The highest BCUT2D eigenvalue weighted by Crippen LogP contribution is 2.38. The Labute approximate surface area is 164 Å². The van der Waals surface area contributed by atoms with E-state index in [1.54, 1.807) is 15.8 Å². The van der Waals surface area contributed by atoms with E-state index in [0.29, 0.717) is 47.9 Å². The van der Waals surface area contributed by atoms with Gasteiger partial charge in [0.25, 0.3) is 11.8 Å². The molecule has 28 heavy (non-hydrogen) atoms. The summed E-state index contributed by atoms with van der Waals surface area (Å²) < 4.78 is 21.0. The fraction of sp³-hybridized carbons (Fsp3) is 0.389. The molecule has 1 saturated heterocycles. The van der Waals surface area contributed by atoms with E-state index in [4.69, 9.17) is 16.1 Å². The third-order valence-corrected chi connectivity index (χ3v) is 5.33. The highest BCUT2D eigenvalue weighted by Gasteiger charge is 2.32. The Balaban J connectivity index is 1.30. The van der Waals surface area contributed by atoms with Crippen LogP contribution in [0, 0.1) is 5.82 Å². The Hall–Kier alpha value is -2.81. The Morgan fingerprint density at radius 2 is 2.14 bits per heavy atom. The zero-order valence-corrected chi connectivity index (χ0v) is 15.5. The minimum absolute atomic E-state index is 0.0223. The lowest BCUT2D eigenvalue weighted by molar-refractivity contribution is 0.0782. The van der Waals surface area contributed by atoms with Crippen molar-refractivity contribution >= 4 is 17.5 Å². The van der Waals surface area contributed by atoms with Gasteiger partial charge in [0.1, 0.15) is 5.82 Å². The average molecular weight is 403 g/mol. The van der Waals surface area contributed by atoms with Gasteiger partial charge in [-0.2, -0.15) is 4.98 Å². The molecule has 0 spiro atoms. The van der Waals surface area contributed by atoms with Gasteiger partial charge in [-0.25, -0.2) is 9.07 Å². The van der Waals surface area contributed by atoms with E-state index >= 15 is 0 Å². The van der Waals surface area contributed by atoms with Crippen LogP contribution in [0.5, 0.6) is 0 Å². The van der Waals surface area contributed by atoms with Crippen molar-refractivity contribution < 1.29 is 13.7 Å². The van der Waals surface area contributed by atoms with Crippen LogP contribution in [-0.4, -0.2) is 49.0 Å². The molecule has 1 aliphatic carbocycles. The number of hydrogen-bond acceptors (Lipinski definition) is 6. The average Bonchev–Trinajstić information content (AvgIpc) is 3.12. The van der Waals surface area contributed by atoms with Crippen molar-refractivity contribution in [1.82, 2.24) is 30.0 Å². The number of likely N-dealkylation sites (tertiary alicyclic amines) is 1. The van der Waals surface area contributed by atoms with Gasteiger partial charge in [0.05, 0.1) is 17.8 Å². The summed E-state index contributed by atoms with van der Waals surface area (Å²) in [4.78, 5) is 18.6. The minimum atomic E-state index is -0.580. The second-order valence-electron chi connectivity index (χ2n) is 7.13. The standard InChI is InChI=1S/C18H16ClFN6O2/c19-11-3-4-14(20)13(7-11)18(27)25-6-5-12(8-25)26-9-15(22-24-26)17-21-16(23-28-17)10-1-2-10/h3-4,7,9-10,12H,1-2,5-6,8H2/t12-/m1/s1. The molecule has 1 aromatic carbocycles. The van der Waals surface area contributed by atoms with E-state index in [-0.39, 0.29) is 17.5 Å². The van der Waals surface area contributed by atoms with Gasteiger partial charge in [-0.15, -0.1) is 5.10 Å². The molecule has 8 nitrogen and oxygen atoms in total. The molecule has 1 atom stereocenters. The second-order valence-corrected chi connectivity index (χ2v) is 7.57. The lowest BCUT2D eigenvalue weighted by atomic mass is 10.2. The van der Waals surface area contributed by atoms with Crippen molar-refractivity contribution in [3.63, 3.8) is 0 Å². The van der Waals surface area contributed by atoms with Crippen LogP contribution in [0.15, 0.2) is 28.9 Å². The normalized spacial score (nSPS) is 19.4. The third kappa shape index (κ3) is 3.15. The summed E-state index contributed by atoms with van der Waals surface area (Å²) in [5, 5.41) is 12.6. The van der Waals surface area contributed by atoms with Crippen LogP contribution < -0.4 is 0 Å². The number of amides is 1. The van der Waals surface area contributed by atoms with E-state index < -0.39 is 5.82 Å². The van der Waals surface area contributed by atoms with E-state index in [1.165, 1.54) is 18.2 Å². The van der Waals surface area contributed by atoms with Gasteiger partial charge < -0.3 is 9.42 Å². The fourth-order valence-corrected chi connectivity index (χ4v) is 3.55. The third-order valence-electron chi connectivity index (χ3n) is 5.10. The van der Waals surface area contributed by atoms with Crippen molar-refractivity contribution in [2.45, 2.75) is 31.2 Å². The van der Waals surface area contributed by atoms with Gasteiger partial charge in [0.15, 0.2) is 11.5 Å². The molecular weight excluding hydrogens is 387 g/mol. The maximum atomic E-state index is 14.0. The number of halogens is 2. The summed E-state index contributed by atoms with van der Waals surface area (Å²) in [6.45, 7) is 0.905. The molecule has 0 bridgehead atoms. The summed E-state index contributed by atoms with van der Waals surface area (Å²) in [5.41, 5.74) is 0.482. The number of rotatable bonds is 4. The fourth-order valence-electron chi connectivity index (χ4n) is 3.37. The monoisotopic (exact) mass is 402 g/mol. The molecule has 1 aliphatic heterocycles. The largest absolute Gasteiger partial charge is 0.336 e. The lowest BCUT2D eigenvalue weighted by Gasteiger charge is -2.17. The van der Waals surface area contributed by atoms with Crippen molar-refractivity contribution in [3.05, 3.63) is 46.6 Å². The van der Waals surface area contributed by atoms with Crippen LogP contribution in [-0.2, 0) is 0 Å². The topological polar surface area (TPSA) is 89.9 Å². The van der Waals surface area contributed by atoms with Gasteiger partial charge in [-0.3, -0.25) is 4.79 Å². The van der Waals surface area contributed by atoms with E-state index in [1.807, 2.05) is 0 Å². The van der Waals surface area contributed by atoms with Crippen LogP contribution >= 0.6 is 11.6 Å². The number of hydrogen-bond donors (Lipinski definition) is 0. The Morgan fingerprint density at radius 1 is 1.29 bits per heavy atom. The maximum absolute atomic E-state index is 14.0. The van der Waals surface area contributed by atoms with Crippen LogP contribution in [0.3, 0.4) is 0 Å². The van der Waals surface area contributed by atoms with Crippen LogP contribution in [0.1, 0.15) is 47.4 Å². The predicted molar refractivity (Wildman–Crippen MR) is 96.3 cm³/mol. The van der Waals surface area contributed by atoms with E-state index in [2.05, 4.69) is 20.5 Å². The Morgan fingerprint density at radius 3 is 2.96 bits per heavy atom.